The van der Waals surface area contributed by atoms with Gasteiger partial charge >= 0.3 is 0 Å². The number of hydrogen-bond acceptors (Lipinski definition) is 1. The Kier molecular flexibility index (Phi) is 2.25. The summed E-state index contributed by atoms with van der Waals surface area (Å²) in [6, 6.07) is 5.16. The Bertz CT molecular complexity index is 404. The fraction of sp³-hybridized carbons (Fsp3) is 0.417. The van der Waals surface area contributed by atoms with Gasteiger partial charge in [0.25, 0.3) is 0 Å². The largest absolute Gasteiger partial charge is 0.207 e. The molecule has 0 aliphatic heterocycles. The van der Waals surface area contributed by atoms with E-state index in [1.807, 2.05) is 12.1 Å². The normalized spacial score (nSPS) is 19.9. The van der Waals surface area contributed by atoms with Crippen LogP contribution in [0.1, 0.15) is 30.0 Å². The van der Waals surface area contributed by atoms with Crippen LogP contribution < -0.4 is 0 Å². The highest BCUT2D eigenvalue weighted by molar-refractivity contribution is 5.40. The number of hydrogen-bond donors (Lipinski definition) is 0. The zero-order chi connectivity index (χ0) is 10.1. The smallest absolute Gasteiger partial charge is 0.127 e. The number of nitrogens with zero attached hydrogens (tertiary/aromatic N) is 1. The molecule has 0 saturated carbocycles. The molecule has 0 heterocycles. The maximum Gasteiger partial charge on any atom is 0.127 e. The van der Waals surface area contributed by atoms with Gasteiger partial charge in [0.05, 0.1) is 11.6 Å². The summed E-state index contributed by atoms with van der Waals surface area (Å²) in [4.78, 5) is 0. The number of nitriles is 1. The summed E-state index contributed by atoms with van der Waals surface area (Å²) in [5, 5.41) is 8.71. The van der Waals surface area contributed by atoms with Gasteiger partial charge in [-0.3, -0.25) is 0 Å². The van der Waals surface area contributed by atoms with Crippen LogP contribution in [0.25, 0.3) is 0 Å². The molecule has 1 nitrogen and oxygen atoms in total. The molecule has 1 aromatic rings. The fourth-order valence-electron chi connectivity index (χ4n) is 2.09. The van der Waals surface area contributed by atoms with E-state index in [0.29, 0.717) is 11.5 Å². The molecule has 0 bridgehead atoms. The highest BCUT2D eigenvalue weighted by atomic mass is 19.1. The van der Waals surface area contributed by atoms with Crippen LogP contribution in [0.4, 0.5) is 4.39 Å². The molecule has 0 N–H and O–H groups in total. The van der Waals surface area contributed by atoms with Crippen LogP contribution in [0.5, 0.6) is 0 Å². The number of rotatable bonds is 0. The highest BCUT2D eigenvalue weighted by Gasteiger charge is 2.18. The first-order valence-electron chi connectivity index (χ1n) is 4.92. The molecule has 0 aromatic heterocycles. The fourth-order valence-corrected chi connectivity index (χ4v) is 2.09. The van der Waals surface area contributed by atoms with E-state index in [1.165, 1.54) is 6.07 Å². The first kappa shape index (κ1) is 9.21. The van der Waals surface area contributed by atoms with Crippen molar-refractivity contribution in [3.8, 4) is 6.07 Å². The molecule has 1 unspecified atom stereocenters. The molecule has 14 heavy (non-hydrogen) atoms. The van der Waals surface area contributed by atoms with Gasteiger partial charge in [0.1, 0.15) is 5.82 Å². The van der Waals surface area contributed by atoms with Crippen molar-refractivity contribution in [1.29, 1.82) is 5.26 Å². The Morgan fingerprint density at radius 2 is 2.29 bits per heavy atom. The van der Waals surface area contributed by atoms with E-state index < -0.39 is 0 Å². The Hall–Kier alpha value is -1.36. The highest BCUT2D eigenvalue weighted by Crippen LogP contribution is 2.28. The molecule has 0 amide bonds. The number of halogens is 1. The second-order valence-corrected chi connectivity index (χ2v) is 4.06. The van der Waals surface area contributed by atoms with Crippen LogP contribution in [-0.2, 0) is 12.8 Å². The van der Waals surface area contributed by atoms with Gasteiger partial charge in [-0.05, 0) is 48.4 Å². The summed E-state index contributed by atoms with van der Waals surface area (Å²) in [7, 11) is 0. The van der Waals surface area contributed by atoms with Crippen molar-refractivity contribution >= 4 is 0 Å². The van der Waals surface area contributed by atoms with Crippen LogP contribution in [-0.4, -0.2) is 0 Å². The topological polar surface area (TPSA) is 23.8 Å². The number of benzene rings is 1. The average molecular weight is 189 g/mol. The van der Waals surface area contributed by atoms with Crippen LogP contribution in [0, 0.1) is 23.1 Å². The Morgan fingerprint density at radius 1 is 1.50 bits per heavy atom. The van der Waals surface area contributed by atoms with Crippen molar-refractivity contribution in [2.45, 2.75) is 26.2 Å². The van der Waals surface area contributed by atoms with Crippen LogP contribution in [0.3, 0.4) is 0 Å². The molecule has 0 spiro atoms. The molecule has 1 atom stereocenters. The lowest BCUT2D eigenvalue weighted by Gasteiger charge is -2.21. The lowest BCUT2D eigenvalue weighted by atomic mass is 9.84. The monoisotopic (exact) mass is 189 g/mol. The lowest BCUT2D eigenvalue weighted by molar-refractivity contribution is 0.482. The van der Waals surface area contributed by atoms with Gasteiger partial charge < -0.3 is 0 Å². The summed E-state index contributed by atoms with van der Waals surface area (Å²) >= 11 is 0. The Labute approximate surface area is 83.2 Å². The first-order valence-corrected chi connectivity index (χ1v) is 4.92. The summed E-state index contributed by atoms with van der Waals surface area (Å²) in [5.41, 5.74) is 2.29. The second kappa shape index (κ2) is 3.42. The summed E-state index contributed by atoms with van der Waals surface area (Å²) < 4.78 is 13.5. The van der Waals surface area contributed by atoms with E-state index in [2.05, 4.69) is 6.92 Å². The summed E-state index contributed by atoms with van der Waals surface area (Å²) in [6.07, 6.45) is 2.77. The predicted octanol–water partition coefficient (Wildman–Crippen LogP) is 2.82. The van der Waals surface area contributed by atoms with E-state index in [1.54, 1.807) is 0 Å². The molecule has 0 radical (unpaired) electrons. The SMILES string of the molecule is CC1CCc2c(F)cc(C#N)cc2C1. The standard InChI is InChI=1S/C12H12FN/c1-8-2-3-11-10(4-8)5-9(7-14)6-12(11)13/h5-6,8H,2-4H2,1H3. The summed E-state index contributed by atoms with van der Waals surface area (Å²) in [5.74, 6) is 0.404. The van der Waals surface area contributed by atoms with Gasteiger partial charge in [-0.25, -0.2) is 4.39 Å². The third kappa shape index (κ3) is 1.50. The van der Waals surface area contributed by atoms with Crippen molar-refractivity contribution in [3.63, 3.8) is 0 Å². The lowest BCUT2D eigenvalue weighted by Crippen LogP contribution is -2.13. The van der Waals surface area contributed by atoms with Crippen LogP contribution in [0.15, 0.2) is 12.1 Å². The average Bonchev–Trinajstić information content (AvgIpc) is 2.16. The minimum absolute atomic E-state index is 0.203. The molecule has 1 aromatic carbocycles. The van der Waals surface area contributed by atoms with Gasteiger partial charge in [0.15, 0.2) is 0 Å². The van der Waals surface area contributed by atoms with Crippen LogP contribution >= 0.6 is 0 Å². The predicted molar refractivity (Wildman–Crippen MR) is 52.3 cm³/mol. The van der Waals surface area contributed by atoms with Gasteiger partial charge in [-0.1, -0.05) is 6.92 Å². The van der Waals surface area contributed by atoms with Crippen molar-refractivity contribution in [3.05, 3.63) is 34.6 Å². The van der Waals surface area contributed by atoms with Gasteiger partial charge in [-0.2, -0.15) is 5.26 Å². The molecular weight excluding hydrogens is 177 g/mol. The van der Waals surface area contributed by atoms with Gasteiger partial charge in [0.2, 0.25) is 0 Å². The molecule has 1 aliphatic carbocycles. The quantitative estimate of drug-likeness (QED) is 0.615. The van der Waals surface area contributed by atoms with Gasteiger partial charge in [-0.15, -0.1) is 0 Å². The zero-order valence-electron chi connectivity index (χ0n) is 8.18. The third-order valence-electron chi connectivity index (χ3n) is 2.87. The van der Waals surface area contributed by atoms with E-state index in [-0.39, 0.29) is 5.82 Å². The van der Waals surface area contributed by atoms with E-state index in [0.717, 1.165) is 30.4 Å². The third-order valence-corrected chi connectivity index (χ3v) is 2.87. The molecule has 1 aliphatic rings. The molecule has 72 valence electrons. The Morgan fingerprint density at radius 3 is 3.00 bits per heavy atom. The molecule has 0 fully saturated rings. The van der Waals surface area contributed by atoms with E-state index in [4.69, 9.17) is 5.26 Å². The van der Waals surface area contributed by atoms with Crippen molar-refractivity contribution < 1.29 is 4.39 Å². The van der Waals surface area contributed by atoms with Crippen molar-refractivity contribution in [1.82, 2.24) is 0 Å². The van der Waals surface area contributed by atoms with E-state index in [9.17, 15) is 4.39 Å². The Balaban J connectivity index is 2.50. The first-order chi connectivity index (χ1) is 6.70. The maximum atomic E-state index is 13.5. The van der Waals surface area contributed by atoms with E-state index >= 15 is 0 Å². The van der Waals surface area contributed by atoms with Crippen molar-refractivity contribution in [2.75, 3.05) is 0 Å². The van der Waals surface area contributed by atoms with Crippen LogP contribution in [0.2, 0.25) is 0 Å². The molecule has 2 heteroatoms. The minimum Gasteiger partial charge on any atom is -0.207 e. The molecule has 0 saturated heterocycles. The summed E-state index contributed by atoms with van der Waals surface area (Å²) in [6.45, 7) is 2.17. The second-order valence-electron chi connectivity index (χ2n) is 4.06. The zero-order valence-corrected chi connectivity index (χ0v) is 8.18. The molecular formula is C12H12FN. The van der Waals surface area contributed by atoms with Gasteiger partial charge in [0, 0.05) is 0 Å². The minimum atomic E-state index is -0.203. The molecule has 2 rings (SSSR count). The number of fused-ring (bicyclic) bond motifs is 1. The maximum absolute atomic E-state index is 13.5. The van der Waals surface area contributed by atoms with Crippen molar-refractivity contribution in [2.24, 2.45) is 5.92 Å².